The van der Waals surface area contributed by atoms with Crippen LogP contribution in [0.15, 0.2) is 59.4 Å². The predicted octanol–water partition coefficient (Wildman–Crippen LogP) is 3.59. The first-order valence-corrected chi connectivity index (χ1v) is 7.76. The first-order chi connectivity index (χ1) is 11.9. The minimum Gasteiger partial charge on any atom is -0.320 e. The van der Waals surface area contributed by atoms with Gasteiger partial charge in [-0.1, -0.05) is 11.6 Å². The Morgan fingerprint density at radius 1 is 1.12 bits per heavy atom. The number of benzene rings is 2. The summed E-state index contributed by atoms with van der Waals surface area (Å²) in [6.07, 6.45) is 0. The zero-order chi connectivity index (χ0) is 18.0. The van der Waals surface area contributed by atoms with Crippen molar-refractivity contribution in [3.05, 3.63) is 87.0 Å². The summed E-state index contributed by atoms with van der Waals surface area (Å²) < 4.78 is 14.4. The van der Waals surface area contributed by atoms with Crippen molar-refractivity contribution in [1.82, 2.24) is 9.78 Å². The molecule has 0 radical (unpaired) electrons. The molecule has 0 saturated carbocycles. The van der Waals surface area contributed by atoms with Crippen LogP contribution in [-0.2, 0) is 0 Å². The second kappa shape index (κ2) is 6.86. The molecular weight excluding hydrogens is 345 g/mol. The van der Waals surface area contributed by atoms with Gasteiger partial charge in [-0.05, 0) is 55.5 Å². The van der Waals surface area contributed by atoms with E-state index in [2.05, 4.69) is 10.4 Å². The Balaban J connectivity index is 1.97. The Morgan fingerprint density at radius 3 is 2.40 bits per heavy atom. The highest BCUT2D eigenvalue weighted by molar-refractivity contribution is 6.30. The molecule has 0 saturated heterocycles. The number of amides is 1. The second-order valence-corrected chi connectivity index (χ2v) is 5.78. The molecule has 3 rings (SSSR count). The van der Waals surface area contributed by atoms with Crippen LogP contribution in [0.4, 0.5) is 10.1 Å². The van der Waals surface area contributed by atoms with E-state index in [0.29, 0.717) is 22.1 Å². The minimum absolute atomic E-state index is 0.259. The van der Waals surface area contributed by atoms with Crippen LogP contribution < -0.4 is 10.7 Å². The number of rotatable bonds is 3. The average molecular weight is 358 g/mol. The van der Waals surface area contributed by atoms with Crippen molar-refractivity contribution in [2.75, 3.05) is 5.32 Å². The summed E-state index contributed by atoms with van der Waals surface area (Å²) in [5.41, 5.74) is 0.849. The maximum Gasteiger partial charge on any atom is 0.280 e. The van der Waals surface area contributed by atoms with Gasteiger partial charge in [0.25, 0.3) is 5.91 Å². The van der Waals surface area contributed by atoms with Crippen LogP contribution in [0.3, 0.4) is 0 Å². The van der Waals surface area contributed by atoms with Gasteiger partial charge in [0.15, 0.2) is 5.69 Å². The molecule has 0 spiro atoms. The topological polar surface area (TPSA) is 64.0 Å². The standard InChI is InChI=1S/C18H13ClFN3O2/c1-11-10-16(24)17(18(25)21-14-6-4-13(20)5-7-14)22-23(11)15-8-2-12(19)3-9-15/h2-10H,1H3,(H,21,25). The van der Waals surface area contributed by atoms with E-state index < -0.39 is 17.2 Å². The molecule has 7 heteroatoms. The fraction of sp³-hybridized carbons (Fsp3) is 0.0556. The molecule has 1 aromatic heterocycles. The fourth-order valence-corrected chi connectivity index (χ4v) is 2.40. The highest BCUT2D eigenvalue weighted by Crippen LogP contribution is 2.14. The highest BCUT2D eigenvalue weighted by atomic mass is 35.5. The van der Waals surface area contributed by atoms with Crippen molar-refractivity contribution in [1.29, 1.82) is 0 Å². The van der Waals surface area contributed by atoms with Crippen molar-refractivity contribution in [3.63, 3.8) is 0 Å². The van der Waals surface area contributed by atoms with Crippen molar-refractivity contribution in [2.45, 2.75) is 6.92 Å². The SMILES string of the molecule is Cc1cc(=O)c(C(=O)Nc2ccc(F)cc2)nn1-c1ccc(Cl)cc1. The van der Waals surface area contributed by atoms with Gasteiger partial charge < -0.3 is 5.32 Å². The molecule has 1 amide bonds. The molecule has 2 aromatic carbocycles. The smallest absolute Gasteiger partial charge is 0.280 e. The quantitative estimate of drug-likeness (QED) is 0.779. The zero-order valence-electron chi connectivity index (χ0n) is 13.2. The van der Waals surface area contributed by atoms with Gasteiger partial charge in [0, 0.05) is 22.5 Å². The molecule has 3 aromatic rings. The lowest BCUT2D eigenvalue weighted by molar-refractivity contribution is 0.101. The third-order valence-electron chi connectivity index (χ3n) is 3.50. The summed E-state index contributed by atoms with van der Waals surface area (Å²) in [5.74, 6) is -1.09. The van der Waals surface area contributed by atoms with Crippen LogP contribution in [0.25, 0.3) is 5.69 Å². The second-order valence-electron chi connectivity index (χ2n) is 5.35. The fourth-order valence-electron chi connectivity index (χ4n) is 2.27. The van der Waals surface area contributed by atoms with Crippen molar-refractivity contribution in [3.8, 4) is 5.69 Å². The van der Waals surface area contributed by atoms with Crippen LogP contribution >= 0.6 is 11.6 Å². The molecule has 1 N–H and O–H groups in total. The number of anilines is 1. The minimum atomic E-state index is -0.667. The van der Waals surface area contributed by atoms with Gasteiger partial charge >= 0.3 is 0 Å². The van der Waals surface area contributed by atoms with E-state index in [4.69, 9.17) is 11.6 Å². The number of aromatic nitrogens is 2. The average Bonchev–Trinajstić information content (AvgIpc) is 2.58. The lowest BCUT2D eigenvalue weighted by Crippen LogP contribution is -2.26. The number of halogens is 2. The lowest BCUT2D eigenvalue weighted by atomic mass is 10.2. The van der Waals surface area contributed by atoms with Gasteiger partial charge in [-0.15, -0.1) is 0 Å². The van der Waals surface area contributed by atoms with E-state index in [1.54, 1.807) is 31.2 Å². The van der Waals surface area contributed by atoms with Gasteiger partial charge in [-0.2, -0.15) is 5.10 Å². The zero-order valence-corrected chi connectivity index (χ0v) is 13.9. The van der Waals surface area contributed by atoms with Gasteiger partial charge in [0.1, 0.15) is 5.82 Å². The first-order valence-electron chi connectivity index (χ1n) is 7.38. The van der Waals surface area contributed by atoms with E-state index in [9.17, 15) is 14.0 Å². The number of hydrogen-bond acceptors (Lipinski definition) is 3. The molecule has 0 aliphatic rings. The van der Waals surface area contributed by atoms with E-state index in [-0.39, 0.29) is 5.69 Å². The van der Waals surface area contributed by atoms with Crippen molar-refractivity contribution < 1.29 is 9.18 Å². The van der Waals surface area contributed by atoms with Gasteiger partial charge in [0.05, 0.1) is 5.69 Å². The summed E-state index contributed by atoms with van der Waals surface area (Å²) in [5, 5.41) is 7.26. The summed E-state index contributed by atoms with van der Waals surface area (Å²) in [7, 11) is 0. The highest BCUT2D eigenvalue weighted by Gasteiger charge is 2.15. The maximum absolute atomic E-state index is 12.9. The number of nitrogens with zero attached hydrogens (tertiary/aromatic N) is 2. The van der Waals surface area contributed by atoms with E-state index in [0.717, 1.165) is 0 Å². The molecule has 25 heavy (non-hydrogen) atoms. The first kappa shape index (κ1) is 16.9. The van der Waals surface area contributed by atoms with Crippen LogP contribution in [0, 0.1) is 12.7 Å². The Bertz CT molecular complexity index is 983. The number of carbonyl (C=O) groups excluding carboxylic acids is 1. The lowest BCUT2D eigenvalue weighted by Gasteiger charge is -2.11. The number of carbonyl (C=O) groups is 1. The molecule has 0 bridgehead atoms. The molecule has 0 atom stereocenters. The summed E-state index contributed by atoms with van der Waals surface area (Å²) in [6.45, 7) is 1.71. The monoisotopic (exact) mass is 357 g/mol. The molecular formula is C18H13ClFN3O2. The summed E-state index contributed by atoms with van der Waals surface area (Å²) >= 11 is 5.88. The van der Waals surface area contributed by atoms with Gasteiger partial charge in [0.2, 0.25) is 5.43 Å². The van der Waals surface area contributed by atoms with Gasteiger partial charge in [-0.3, -0.25) is 9.59 Å². The Morgan fingerprint density at radius 2 is 1.76 bits per heavy atom. The van der Waals surface area contributed by atoms with Crippen LogP contribution in [0.1, 0.15) is 16.2 Å². The number of aryl methyl sites for hydroxylation is 1. The summed E-state index contributed by atoms with van der Waals surface area (Å²) in [4.78, 5) is 24.5. The number of nitrogens with one attached hydrogen (secondary N) is 1. The molecule has 0 aliphatic heterocycles. The Labute approximate surface area is 147 Å². The maximum atomic E-state index is 12.9. The summed E-state index contributed by atoms with van der Waals surface area (Å²) in [6, 6.07) is 13.4. The molecule has 0 fully saturated rings. The molecule has 5 nitrogen and oxygen atoms in total. The third kappa shape index (κ3) is 3.75. The third-order valence-corrected chi connectivity index (χ3v) is 3.75. The van der Waals surface area contributed by atoms with Crippen molar-refractivity contribution in [2.24, 2.45) is 0 Å². The van der Waals surface area contributed by atoms with Crippen LogP contribution in [0.2, 0.25) is 5.02 Å². The van der Waals surface area contributed by atoms with Crippen molar-refractivity contribution >= 4 is 23.2 Å². The normalized spacial score (nSPS) is 10.5. The molecule has 0 aliphatic carbocycles. The largest absolute Gasteiger partial charge is 0.320 e. The molecule has 1 heterocycles. The van der Waals surface area contributed by atoms with Crippen LogP contribution in [-0.4, -0.2) is 15.7 Å². The predicted molar refractivity (Wildman–Crippen MR) is 93.9 cm³/mol. The molecule has 0 unspecified atom stereocenters. The van der Waals surface area contributed by atoms with Gasteiger partial charge in [-0.25, -0.2) is 9.07 Å². The molecule has 126 valence electrons. The van der Waals surface area contributed by atoms with Crippen LogP contribution in [0.5, 0.6) is 0 Å². The van der Waals surface area contributed by atoms with E-state index >= 15 is 0 Å². The Kier molecular flexibility index (Phi) is 4.63. The Hall–Kier alpha value is -2.99. The number of hydrogen-bond donors (Lipinski definition) is 1. The van der Waals surface area contributed by atoms with E-state index in [1.807, 2.05) is 0 Å². The van der Waals surface area contributed by atoms with E-state index in [1.165, 1.54) is 35.0 Å².